The van der Waals surface area contributed by atoms with Crippen molar-refractivity contribution in [3.8, 4) is 5.88 Å². The largest absolute Gasteiger partial charge is 0.479 e. The van der Waals surface area contributed by atoms with E-state index in [-0.39, 0.29) is 11.4 Å². The lowest BCUT2D eigenvalue weighted by atomic mass is 9.81. The third-order valence-electron chi connectivity index (χ3n) is 5.77. The Balaban J connectivity index is 1.41. The van der Waals surface area contributed by atoms with E-state index < -0.39 is 0 Å². The number of carbonyl (C=O) groups is 1. The number of ether oxygens (including phenoxy) is 1. The Morgan fingerprint density at radius 2 is 2.19 bits per heavy atom. The lowest BCUT2D eigenvalue weighted by Crippen LogP contribution is -2.29. The maximum absolute atomic E-state index is 12.7. The number of hydrogen-bond acceptors (Lipinski definition) is 5. The Hall–Kier alpha value is -2.31. The molecule has 4 rings (SSSR count). The summed E-state index contributed by atoms with van der Waals surface area (Å²) in [4.78, 5) is 14.7. The molecule has 7 heteroatoms. The molecule has 0 aromatic carbocycles. The monoisotopic (exact) mass is 372 g/mol. The van der Waals surface area contributed by atoms with E-state index in [2.05, 4.69) is 36.8 Å². The van der Waals surface area contributed by atoms with E-state index in [0.717, 1.165) is 25.9 Å². The van der Waals surface area contributed by atoms with Gasteiger partial charge in [0.2, 0.25) is 5.91 Å². The number of methoxy groups -OCH3 is 1. The predicted molar refractivity (Wildman–Crippen MR) is 99.7 cm³/mol. The van der Waals surface area contributed by atoms with E-state index in [1.807, 2.05) is 4.90 Å². The first kappa shape index (κ1) is 18.1. The molecular weight excluding hydrogens is 344 g/mol. The summed E-state index contributed by atoms with van der Waals surface area (Å²) >= 11 is 0. The fourth-order valence-corrected chi connectivity index (χ4v) is 4.19. The molecule has 2 aromatic heterocycles. The molecule has 0 bridgehead atoms. The first-order chi connectivity index (χ1) is 12.8. The van der Waals surface area contributed by atoms with Crippen LogP contribution in [-0.2, 0) is 23.2 Å². The molecule has 0 spiro atoms. The average Bonchev–Trinajstić information content (AvgIpc) is 3.34. The van der Waals surface area contributed by atoms with E-state index in [9.17, 15) is 4.79 Å². The van der Waals surface area contributed by atoms with Gasteiger partial charge in [0, 0.05) is 44.1 Å². The van der Waals surface area contributed by atoms with E-state index in [0.29, 0.717) is 36.3 Å². The van der Waals surface area contributed by atoms with Crippen LogP contribution in [0.2, 0.25) is 0 Å². The molecule has 1 saturated heterocycles. The minimum atomic E-state index is -0.0148. The van der Waals surface area contributed by atoms with Crippen molar-refractivity contribution in [2.75, 3.05) is 20.2 Å². The lowest BCUT2D eigenvalue weighted by Gasteiger charge is -2.22. The van der Waals surface area contributed by atoms with Crippen LogP contribution in [0.5, 0.6) is 5.88 Å². The van der Waals surface area contributed by atoms with Crippen LogP contribution in [0.25, 0.3) is 0 Å². The molecule has 1 amide bonds. The smallest absolute Gasteiger partial charge is 0.254 e. The number of rotatable bonds is 4. The number of amides is 1. The fraction of sp³-hybridized carbons (Fsp3) is 0.650. The van der Waals surface area contributed by atoms with Gasteiger partial charge in [0.05, 0.1) is 18.3 Å². The van der Waals surface area contributed by atoms with E-state index in [1.165, 1.54) is 11.3 Å². The summed E-state index contributed by atoms with van der Waals surface area (Å²) in [5, 5.41) is 8.69. The Bertz CT molecular complexity index is 833. The maximum atomic E-state index is 12.7. The van der Waals surface area contributed by atoms with Crippen LogP contribution >= 0.6 is 0 Å². The van der Waals surface area contributed by atoms with Crippen molar-refractivity contribution in [1.29, 1.82) is 0 Å². The van der Waals surface area contributed by atoms with E-state index >= 15 is 0 Å². The van der Waals surface area contributed by atoms with E-state index in [1.54, 1.807) is 13.2 Å². The lowest BCUT2D eigenvalue weighted by molar-refractivity contribution is -0.130. The van der Waals surface area contributed by atoms with Crippen LogP contribution in [0.4, 0.5) is 0 Å². The highest BCUT2D eigenvalue weighted by Gasteiger charge is 2.41. The molecule has 1 aliphatic carbocycles. The summed E-state index contributed by atoms with van der Waals surface area (Å²) in [5.41, 5.74) is 2.55. The highest BCUT2D eigenvalue weighted by Crippen LogP contribution is 2.41. The van der Waals surface area contributed by atoms with Crippen molar-refractivity contribution in [3.05, 3.63) is 29.3 Å². The van der Waals surface area contributed by atoms with Crippen molar-refractivity contribution < 1.29 is 14.1 Å². The van der Waals surface area contributed by atoms with Gasteiger partial charge in [-0.25, -0.2) is 0 Å². The average molecular weight is 372 g/mol. The van der Waals surface area contributed by atoms with Crippen molar-refractivity contribution >= 4 is 5.91 Å². The van der Waals surface area contributed by atoms with Crippen molar-refractivity contribution in [2.24, 2.45) is 5.92 Å². The highest BCUT2D eigenvalue weighted by molar-refractivity contribution is 5.77. The molecule has 2 aliphatic rings. The summed E-state index contributed by atoms with van der Waals surface area (Å²) < 4.78 is 12.3. The third kappa shape index (κ3) is 3.47. The second-order valence-electron chi connectivity index (χ2n) is 8.69. The van der Waals surface area contributed by atoms with Gasteiger partial charge < -0.3 is 14.2 Å². The zero-order chi connectivity index (χ0) is 19.2. The number of aromatic nitrogens is 3. The first-order valence-electron chi connectivity index (χ1n) is 9.71. The summed E-state index contributed by atoms with van der Waals surface area (Å²) in [7, 11) is 1.55. The molecule has 27 heavy (non-hydrogen) atoms. The first-order valence-corrected chi connectivity index (χ1v) is 9.71. The van der Waals surface area contributed by atoms with Crippen LogP contribution in [0, 0.1) is 5.92 Å². The molecule has 0 unspecified atom stereocenters. The van der Waals surface area contributed by atoms with Crippen LogP contribution in [-0.4, -0.2) is 45.9 Å². The molecule has 0 radical (unpaired) electrons. The van der Waals surface area contributed by atoms with Crippen molar-refractivity contribution in [2.45, 2.75) is 57.9 Å². The summed E-state index contributed by atoms with van der Waals surface area (Å²) in [6.07, 6.45) is 5.38. The molecule has 146 valence electrons. The van der Waals surface area contributed by atoms with Gasteiger partial charge in [-0.05, 0) is 50.3 Å². The summed E-state index contributed by atoms with van der Waals surface area (Å²) in [5.74, 6) is 2.20. The Kier molecular flexibility index (Phi) is 4.48. The van der Waals surface area contributed by atoms with Gasteiger partial charge in [-0.1, -0.05) is 0 Å². The van der Waals surface area contributed by atoms with E-state index in [4.69, 9.17) is 14.4 Å². The van der Waals surface area contributed by atoms with Gasteiger partial charge in [-0.15, -0.1) is 0 Å². The second-order valence-corrected chi connectivity index (χ2v) is 8.69. The van der Waals surface area contributed by atoms with Gasteiger partial charge >= 0.3 is 0 Å². The zero-order valence-electron chi connectivity index (χ0n) is 16.6. The van der Waals surface area contributed by atoms with Gasteiger partial charge in [-0.2, -0.15) is 5.10 Å². The van der Waals surface area contributed by atoms with Crippen molar-refractivity contribution in [1.82, 2.24) is 19.8 Å². The molecule has 0 saturated carbocycles. The quantitative estimate of drug-likeness (QED) is 0.825. The minimum absolute atomic E-state index is 0.0148. The molecule has 0 N–H and O–H groups in total. The van der Waals surface area contributed by atoms with Gasteiger partial charge in [0.1, 0.15) is 5.76 Å². The van der Waals surface area contributed by atoms with Crippen LogP contribution in [0.15, 0.2) is 16.8 Å². The minimum Gasteiger partial charge on any atom is -0.479 e. The highest BCUT2D eigenvalue weighted by atomic mass is 16.5. The number of likely N-dealkylation sites (tertiary alicyclic amines) is 1. The summed E-state index contributed by atoms with van der Waals surface area (Å²) in [6.45, 7) is 8.13. The molecule has 2 atom stereocenters. The normalized spacial score (nSPS) is 21.9. The van der Waals surface area contributed by atoms with Crippen LogP contribution < -0.4 is 4.74 Å². The third-order valence-corrected chi connectivity index (χ3v) is 5.77. The van der Waals surface area contributed by atoms with Crippen LogP contribution in [0.3, 0.4) is 0 Å². The maximum Gasteiger partial charge on any atom is 0.254 e. The van der Waals surface area contributed by atoms with Gasteiger partial charge in [-0.3, -0.25) is 9.48 Å². The number of hydrogen-bond donors (Lipinski definition) is 0. The Labute approximate surface area is 159 Å². The van der Waals surface area contributed by atoms with Gasteiger partial charge in [0.25, 0.3) is 5.88 Å². The number of fused-ring (bicyclic) bond motifs is 3. The molecule has 1 fully saturated rings. The topological polar surface area (TPSA) is 73.4 Å². The molecule has 2 aromatic rings. The molecule has 3 heterocycles. The number of aryl methyl sites for hydroxylation is 2. The molecule has 7 nitrogen and oxygen atoms in total. The number of carbonyl (C=O) groups excluding carboxylic acids is 1. The standard InChI is InChI=1S/C20H28N4O3/c1-20(2,3)24-11-14-6-5-13-10-23(12-16(13)19(14)21-24)18(25)8-7-15-9-17(26-4)22-27-15/h9,11,13,16H,5-8,10,12H2,1-4H3/t13-,16+/m1/s1. The Morgan fingerprint density at radius 3 is 2.89 bits per heavy atom. The van der Waals surface area contributed by atoms with Crippen LogP contribution in [0.1, 0.15) is 56.5 Å². The number of nitrogens with zero attached hydrogens (tertiary/aromatic N) is 4. The predicted octanol–water partition coefficient (Wildman–Crippen LogP) is 2.76. The zero-order valence-corrected chi connectivity index (χ0v) is 16.6. The molecular formula is C20H28N4O3. The van der Waals surface area contributed by atoms with Crippen molar-refractivity contribution in [3.63, 3.8) is 0 Å². The molecule has 1 aliphatic heterocycles. The SMILES string of the molecule is COc1cc(CCC(=O)N2C[C@H]3CCc4cn(C(C)(C)C)nc4[C@H]3C2)on1. The van der Waals surface area contributed by atoms with Gasteiger partial charge in [0.15, 0.2) is 0 Å². The second kappa shape index (κ2) is 6.69. The Morgan fingerprint density at radius 1 is 1.37 bits per heavy atom. The fourth-order valence-electron chi connectivity index (χ4n) is 4.19. The summed E-state index contributed by atoms with van der Waals surface area (Å²) in [6, 6.07) is 1.74.